The van der Waals surface area contributed by atoms with E-state index in [9.17, 15) is 4.79 Å². The Hall–Kier alpha value is -2.37. The molecule has 6 nitrogen and oxygen atoms in total. The number of nitrogens with zero attached hydrogens (tertiary/aromatic N) is 3. The van der Waals surface area contributed by atoms with Crippen LogP contribution < -0.4 is 4.74 Å². The van der Waals surface area contributed by atoms with Gasteiger partial charge in [-0.2, -0.15) is 0 Å². The lowest BCUT2D eigenvalue weighted by Gasteiger charge is -2.21. The molecule has 23 heavy (non-hydrogen) atoms. The summed E-state index contributed by atoms with van der Waals surface area (Å²) in [7, 11) is 1.62. The Balaban J connectivity index is 1.76. The van der Waals surface area contributed by atoms with Gasteiger partial charge in [0.15, 0.2) is 5.69 Å². The molecule has 0 amide bonds. The first-order valence-electron chi connectivity index (χ1n) is 7.97. The summed E-state index contributed by atoms with van der Waals surface area (Å²) >= 11 is 0. The highest BCUT2D eigenvalue weighted by Gasteiger charge is 2.23. The number of hydrogen-bond donors (Lipinski definition) is 0. The van der Waals surface area contributed by atoms with Gasteiger partial charge in [-0.1, -0.05) is 11.6 Å². The van der Waals surface area contributed by atoms with Gasteiger partial charge in [-0.3, -0.25) is 0 Å². The van der Waals surface area contributed by atoms with E-state index in [0.29, 0.717) is 5.69 Å². The number of esters is 1. The Morgan fingerprint density at radius 1 is 1.17 bits per heavy atom. The van der Waals surface area contributed by atoms with E-state index in [4.69, 9.17) is 9.47 Å². The number of carbonyl (C=O) groups is 1. The van der Waals surface area contributed by atoms with Gasteiger partial charge in [0.2, 0.25) is 0 Å². The number of carbonyl (C=O) groups excluding carboxylic acids is 1. The van der Waals surface area contributed by atoms with Crippen LogP contribution >= 0.6 is 0 Å². The molecule has 0 radical (unpaired) electrons. The highest BCUT2D eigenvalue weighted by molar-refractivity contribution is 5.88. The smallest absolute Gasteiger partial charge is 0.361 e. The average molecular weight is 315 g/mol. The van der Waals surface area contributed by atoms with Crippen LogP contribution in [0.2, 0.25) is 0 Å². The third-order valence-corrected chi connectivity index (χ3v) is 4.23. The summed E-state index contributed by atoms with van der Waals surface area (Å²) in [5.41, 5.74) is 1.79. The zero-order valence-electron chi connectivity index (χ0n) is 13.5. The minimum Gasteiger partial charge on any atom is -0.497 e. The summed E-state index contributed by atoms with van der Waals surface area (Å²) in [6.45, 7) is 1.82. The molecule has 0 saturated heterocycles. The highest BCUT2D eigenvalue weighted by atomic mass is 16.5. The van der Waals surface area contributed by atoms with Crippen molar-refractivity contribution in [3.8, 4) is 11.4 Å². The van der Waals surface area contributed by atoms with Crippen LogP contribution in [-0.2, 0) is 4.74 Å². The minimum absolute atomic E-state index is 0.0155. The maximum atomic E-state index is 12.3. The molecule has 2 aromatic rings. The Bertz CT molecular complexity index is 673. The van der Waals surface area contributed by atoms with Crippen molar-refractivity contribution in [1.82, 2.24) is 15.0 Å². The molecule has 6 heteroatoms. The second kappa shape index (κ2) is 6.81. The van der Waals surface area contributed by atoms with Crippen molar-refractivity contribution in [3.63, 3.8) is 0 Å². The second-order valence-corrected chi connectivity index (χ2v) is 5.80. The predicted octanol–water partition coefficient (Wildman–Crippen LogP) is 3.07. The van der Waals surface area contributed by atoms with Crippen molar-refractivity contribution in [2.75, 3.05) is 7.11 Å². The average Bonchev–Trinajstić information content (AvgIpc) is 2.97. The SMILES string of the molecule is COc1ccc(-n2nnc(C(=O)OC3CCCCC3)c2C)cc1. The van der Waals surface area contributed by atoms with Crippen molar-refractivity contribution in [2.45, 2.75) is 45.1 Å². The van der Waals surface area contributed by atoms with E-state index in [0.717, 1.165) is 37.1 Å². The molecule has 1 aliphatic carbocycles. The summed E-state index contributed by atoms with van der Waals surface area (Å²) in [5, 5.41) is 8.09. The third kappa shape index (κ3) is 3.36. The van der Waals surface area contributed by atoms with Gasteiger partial charge >= 0.3 is 5.97 Å². The standard InChI is InChI=1S/C17H21N3O3/c1-12-16(17(21)23-15-6-4-3-5-7-15)18-19-20(12)13-8-10-14(22-2)11-9-13/h8-11,15H,3-7H2,1-2H3. The van der Waals surface area contributed by atoms with Crippen LogP contribution in [0.4, 0.5) is 0 Å². The number of ether oxygens (including phenoxy) is 2. The number of benzene rings is 1. The van der Waals surface area contributed by atoms with E-state index in [1.165, 1.54) is 6.42 Å². The zero-order valence-corrected chi connectivity index (χ0v) is 13.5. The normalized spacial score (nSPS) is 15.4. The Kier molecular flexibility index (Phi) is 4.60. The van der Waals surface area contributed by atoms with Crippen molar-refractivity contribution >= 4 is 5.97 Å². The first-order chi connectivity index (χ1) is 11.2. The van der Waals surface area contributed by atoms with Crippen LogP contribution in [-0.4, -0.2) is 34.2 Å². The van der Waals surface area contributed by atoms with E-state index in [1.54, 1.807) is 11.8 Å². The van der Waals surface area contributed by atoms with Gasteiger partial charge in [0.25, 0.3) is 0 Å². The lowest BCUT2D eigenvalue weighted by atomic mass is 9.98. The molecule has 0 atom stereocenters. The van der Waals surface area contributed by atoms with E-state index in [-0.39, 0.29) is 17.8 Å². The maximum absolute atomic E-state index is 12.3. The molecule has 1 saturated carbocycles. The van der Waals surface area contributed by atoms with E-state index in [2.05, 4.69) is 10.3 Å². The molecular formula is C17H21N3O3. The summed E-state index contributed by atoms with van der Waals surface area (Å²) in [6.07, 6.45) is 5.36. The van der Waals surface area contributed by atoms with Gasteiger partial charge in [0, 0.05) is 0 Å². The molecule has 122 valence electrons. The number of rotatable bonds is 4. The molecule has 0 aliphatic heterocycles. The van der Waals surface area contributed by atoms with Crippen molar-refractivity contribution in [3.05, 3.63) is 35.7 Å². The quantitative estimate of drug-likeness (QED) is 0.811. The van der Waals surface area contributed by atoms with E-state index < -0.39 is 0 Å². The van der Waals surface area contributed by atoms with Crippen LogP contribution in [0.15, 0.2) is 24.3 Å². The first-order valence-corrected chi connectivity index (χ1v) is 7.97. The molecule has 0 spiro atoms. The minimum atomic E-state index is -0.380. The van der Waals surface area contributed by atoms with E-state index in [1.807, 2.05) is 31.2 Å². The van der Waals surface area contributed by atoms with Gasteiger partial charge in [0.1, 0.15) is 11.9 Å². The monoisotopic (exact) mass is 315 g/mol. The molecule has 3 rings (SSSR count). The molecule has 0 bridgehead atoms. The number of methoxy groups -OCH3 is 1. The largest absolute Gasteiger partial charge is 0.497 e. The van der Waals surface area contributed by atoms with E-state index >= 15 is 0 Å². The molecule has 1 heterocycles. The molecular weight excluding hydrogens is 294 g/mol. The van der Waals surface area contributed by atoms with Gasteiger partial charge in [-0.15, -0.1) is 5.10 Å². The Morgan fingerprint density at radius 3 is 2.52 bits per heavy atom. The van der Waals surface area contributed by atoms with Crippen LogP contribution in [0.1, 0.15) is 48.3 Å². The second-order valence-electron chi connectivity index (χ2n) is 5.80. The van der Waals surface area contributed by atoms with Crippen LogP contribution in [0, 0.1) is 6.92 Å². The highest BCUT2D eigenvalue weighted by Crippen LogP contribution is 2.22. The molecule has 0 unspecified atom stereocenters. The van der Waals surface area contributed by atoms with Crippen LogP contribution in [0.25, 0.3) is 5.69 Å². The fraction of sp³-hybridized carbons (Fsp3) is 0.471. The fourth-order valence-electron chi connectivity index (χ4n) is 2.88. The fourth-order valence-corrected chi connectivity index (χ4v) is 2.88. The lowest BCUT2D eigenvalue weighted by Crippen LogP contribution is -2.21. The molecule has 0 N–H and O–H groups in total. The molecule has 1 aliphatic rings. The summed E-state index contributed by atoms with van der Waals surface area (Å²) in [5.74, 6) is 0.387. The molecule has 1 aromatic carbocycles. The zero-order chi connectivity index (χ0) is 16.2. The van der Waals surface area contributed by atoms with Gasteiger partial charge in [0.05, 0.1) is 18.5 Å². The van der Waals surface area contributed by atoms with Crippen molar-refractivity contribution in [2.24, 2.45) is 0 Å². The third-order valence-electron chi connectivity index (χ3n) is 4.23. The van der Waals surface area contributed by atoms with Gasteiger partial charge < -0.3 is 9.47 Å². The van der Waals surface area contributed by atoms with Crippen LogP contribution in [0.3, 0.4) is 0 Å². The predicted molar refractivity (Wildman–Crippen MR) is 84.9 cm³/mol. The summed E-state index contributed by atoms with van der Waals surface area (Å²) < 4.78 is 12.3. The summed E-state index contributed by atoms with van der Waals surface area (Å²) in [4.78, 5) is 12.3. The number of aromatic nitrogens is 3. The van der Waals surface area contributed by atoms with Crippen molar-refractivity contribution in [1.29, 1.82) is 0 Å². The van der Waals surface area contributed by atoms with Crippen LogP contribution in [0.5, 0.6) is 5.75 Å². The Labute approximate surface area is 135 Å². The lowest BCUT2D eigenvalue weighted by molar-refractivity contribution is 0.0203. The topological polar surface area (TPSA) is 66.2 Å². The molecule has 1 aromatic heterocycles. The van der Waals surface area contributed by atoms with Gasteiger partial charge in [-0.25, -0.2) is 9.48 Å². The van der Waals surface area contributed by atoms with Crippen molar-refractivity contribution < 1.29 is 14.3 Å². The molecule has 1 fully saturated rings. The first kappa shape index (κ1) is 15.5. The summed E-state index contributed by atoms with van der Waals surface area (Å²) in [6, 6.07) is 7.43. The number of hydrogen-bond acceptors (Lipinski definition) is 5. The Morgan fingerprint density at radius 2 is 1.87 bits per heavy atom. The van der Waals surface area contributed by atoms with Gasteiger partial charge in [-0.05, 0) is 56.9 Å². The maximum Gasteiger partial charge on any atom is 0.361 e.